The number of fused-ring (bicyclic) bond motifs is 1. The second-order valence-electron chi connectivity index (χ2n) is 8.88. The Labute approximate surface area is 197 Å². The van der Waals surface area contributed by atoms with Gasteiger partial charge in [-0.2, -0.15) is 0 Å². The molecule has 0 radical (unpaired) electrons. The minimum atomic E-state index is -1.10. The molecule has 0 aliphatic heterocycles. The van der Waals surface area contributed by atoms with Gasteiger partial charge in [-0.05, 0) is 43.1 Å². The average molecular weight is 490 g/mol. The topological polar surface area (TPSA) is 124 Å². The molecule has 2 aliphatic rings. The third-order valence-corrected chi connectivity index (χ3v) is 6.44. The van der Waals surface area contributed by atoms with Gasteiger partial charge in [0.1, 0.15) is 6.10 Å². The Morgan fingerprint density at radius 2 is 1.94 bits per heavy atom. The first kappa shape index (κ1) is 28.0. The molecule has 0 aromatic carbocycles. The molecule has 8 atom stereocenters. The van der Waals surface area contributed by atoms with Crippen LogP contribution in [0.2, 0.25) is 0 Å². The van der Waals surface area contributed by atoms with Crippen molar-refractivity contribution in [3.8, 4) is 0 Å². The smallest absolute Gasteiger partial charge is 0.308 e. The molecule has 0 spiro atoms. The molecule has 7 nitrogen and oxygen atoms in total. The number of carbonyl (C=O) groups excluding carboxylic acids is 1. The van der Waals surface area contributed by atoms with Gasteiger partial charge in [-0.3, -0.25) is 9.59 Å². The van der Waals surface area contributed by atoms with E-state index >= 15 is 0 Å². The third kappa shape index (κ3) is 8.08. The van der Waals surface area contributed by atoms with Crippen molar-refractivity contribution in [2.45, 2.75) is 83.7 Å². The normalized spacial score (nSPS) is 30.3. The van der Waals surface area contributed by atoms with Gasteiger partial charge in [0, 0.05) is 31.8 Å². The summed E-state index contributed by atoms with van der Waals surface area (Å²) in [6.07, 6.45) is 4.64. The molecule has 1 unspecified atom stereocenters. The molecule has 0 fully saturated rings. The third-order valence-electron chi connectivity index (χ3n) is 6.44. The number of hydrogen-bond donors (Lipinski definition) is 4. The van der Waals surface area contributed by atoms with E-state index in [9.17, 15) is 24.9 Å². The predicted octanol–water partition coefficient (Wildman–Crippen LogP) is 2.44. The number of allylic oxidation sites excluding steroid dienone is 2. The summed E-state index contributed by atoms with van der Waals surface area (Å²) in [5.41, 5.74) is 0.958. The van der Waals surface area contributed by atoms with Crippen LogP contribution in [0.1, 0.15) is 59.3 Å². The van der Waals surface area contributed by atoms with Gasteiger partial charge < -0.3 is 25.2 Å². The molecule has 0 heterocycles. The van der Waals surface area contributed by atoms with Crippen molar-refractivity contribution in [1.29, 1.82) is 0 Å². The Bertz CT molecular complexity index is 662. The van der Waals surface area contributed by atoms with Crippen molar-refractivity contribution in [2.75, 3.05) is 0 Å². The number of aliphatic hydroxyl groups excluding tert-OH is 3. The number of hydrogen-bond acceptors (Lipinski definition) is 6. The second-order valence-corrected chi connectivity index (χ2v) is 8.88. The van der Waals surface area contributed by atoms with Gasteiger partial charge in [-0.25, -0.2) is 0 Å². The molecule has 172 valence electrons. The minimum Gasteiger partial charge on any atom is -0.481 e. The van der Waals surface area contributed by atoms with Crippen LogP contribution in [0.25, 0.3) is 0 Å². The largest absolute Gasteiger partial charge is 0.481 e. The molecule has 31 heavy (non-hydrogen) atoms. The molecular formula is C23H36O7Zn. The van der Waals surface area contributed by atoms with Crippen molar-refractivity contribution in [3.63, 3.8) is 0 Å². The zero-order valence-corrected chi connectivity index (χ0v) is 21.8. The fourth-order valence-electron chi connectivity index (χ4n) is 4.52. The standard InChI is InChI=1S/C23H36O7.Zn/c1-4-13(2)23(29)30-20-11-17(25)9-15-6-5-14(3)19(22(15)20)8-7-16(24)10-18(26)12-21(27)28;/h5-6,9,13-14,16-20,22,24-26H,4,7-8,10-12H2,1-3H3,(H,27,28);/t13-,14-,16+,17+,18?,19-,20-,22-;/m0./s1. The van der Waals surface area contributed by atoms with Crippen LogP contribution in [0.5, 0.6) is 0 Å². The van der Waals surface area contributed by atoms with Gasteiger partial charge in [0.05, 0.1) is 30.7 Å². The van der Waals surface area contributed by atoms with Crippen molar-refractivity contribution in [3.05, 3.63) is 23.8 Å². The first-order valence-electron chi connectivity index (χ1n) is 11.0. The van der Waals surface area contributed by atoms with E-state index in [0.717, 1.165) is 5.57 Å². The van der Waals surface area contributed by atoms with Crippen molar-refractivity contribution in [1.82, 2.24) is 0 Å². The quantitative estimate of drug-likeness (QED) is 0.274. The van der Waals surface area contributed by atoms with Gasteiger partial charge in [-0.15, -0.1) is 0 Å². The summed E-state index contributed by atoms with van der Waals surface area (Å²) in [6.45, 7) is 5.85. The van der Waals surface area contributed by atoms with E-state index in [1.54, 1.807) is 0 Å². The van der Waals surface area contributed by atoms with Crippen LogP contribution in [0.4, 0.5) is 0 Å². The maximum Gasteiger partial charge on any atom is 0.308 e. The molecule has 0 saturated heterocycles. The van der Waals surface area contributed by atoms with E-state index < -0.39 is 30.4 Å². The van der Waals surface area contributed by atoms with Crippen LogP contribution in [0.3, 0.4) is 0 Å². The predicted molar refractivity (Wildman–Crippen MR) is 111 cm³/mol. The summed E-state index contributed by atoms with van der Waals surface area (Å²) < 4.78 is 5.84. The fraction of sp³-hybridized carbons (Fsp3) is 0.739. The van der Waals surface area contributed by atoms with Crippen molar-refractivity contribution < 1.29 is 54.2 Å². The Kier molecular flexibility index (Phi) is 11.6. The molecule has 0 saturated carbocycles. The number of carboxylic acids is 1. The number of ether oxygens (including phenoxy) is 1. The van der Waals surface area contributed by atoms with Gasteiger partial charge in [0.2, 0.25) is 0 Å². The Hall–Kier alpha value is -1.08. The van der Waals surface area contributed by atoms with Crippen molar-refractivity contribution >= 4 is 11.9 Å². The van der Waals surface area contributed by atoms with Gasteiger partial charge >= 0.3 is 11.9 Å². The van der Waals surface area contributed by atoms with E-state index in [1.807, 2.05) is 26.0 Å². The number of rotatable bonds is 10. The fourth-order valence-corrected chi connectivity index (χ4v) is 4.52. The van der Waals surface area contributed by atoms with E-state index in [2.05, 4.69) is 13.0 Å². The molecule has 0 aromatic heterocycles. The number of esters is 1. The summed E-state index contributed by atoms with van der Waals surface area (Å²) in [5, 5.41) is 39.1. The summed E-state index contributed by atoms with van der Waals surface area (Å²) in [6, 6.07) is 0. The molecule has 0 amide bonds. The van der Waals surface area contributed by atoms with Gasteiger partial charge in [0.15, 0.2) is 0 Å². The number of carbonyl (C=O) groups is 2. The molecule has 2 rings (SSSR count). The van der Waals surface area contributed by atoms with Gasteiger partial charge in [0.25, 0.3) is 0 Å². The Balaban J connectivity index is 0.00000480. The van der Waals surface area contributed by atoms with Crippen LogP contribution in [0, 0.1) is 23.7 Å². The molecule has 2 aliphatic carbocycles. The minimum absolute atomic E-state index is 0. The summed E-state index contributed by atoms with van der Waals surface area (Å²) in [5.74, 6) is -1.31. The summed E-state index contributed by atoms with van der Waals surface area (Å²) in [4.78, 5) is 23.1. The van der Waals surface area contributed by atoms with E-state index in [4.69, 9.17) is 9.84 Å². The zero-order valence-electron chi connectivity index (χ0n) is 18.8. The van der Waals surface area contributed by atoms with Crippen molar-refractivity contribution in [2.24, 2.45) is 23.7 Å². The molecule has 4 N–H and O–H groups in total. The van der Waals surface area contributed by atoms with Gasteiger partial charge in [-0.1, -0.05) is 39.0 Å². The molecule has 8 heteroatoms. The van der Waals surface area contributed by atoms with Crippen LogP contribution < -0.4 is 0 Å². The Morgan fingerprint density at radius 3 is 2.55 bits per heavy atom. The molecule has 0 aromatic rings. The average Bonchev–Trinajstić information content (AvgIpc) is 2.65. The van der Waals surface area contributed by atoms with Crippen LogP contribution in [-0.2, 0) is 33.8 Å². The van der Waals surface area contributed by atoms with Crippen LogP contribution in [0.15, 0.2) is 23.8 Å². The first-order valence-corrected chi connectivity index (χ1v) is 11.0. The number of aliphatic hydroxyl groups is 3. The van der Waals surface area contributed by atoms with E-state index in [1.165, 1.54) is 0 Å². The maximum absolute atomic E-state index is 12.4. The van der Waals surface area contributed by atoms with Crippen LogP contribution in [-0.4, -0.2) is 56.8 Å². The monoisotopic (exact) mass is 488 g/mol. The maximum atomic E-state index is 12.4. The zero-order chi connectivity index (χ0) is 22.4. The Morgan fingerprint density at radius 1 is 1.26 bits per heavy atom. The first-order chi connectivity index (χ1) is 14.1. The number of aliphatic carboxylic acids is 1. The second kappa shape index (κ2) is 12.8. The molecular weight excluding hydrogens is 454 g/mol. The summed E-state index contributed by atoms with van der Waals surface area (Å²) >= 11 is 0. The number of carboxylic acid groups (broad SMARTS) is 1. The van der Waals surface area contributed by atoms with E-state index in [-0.39, 0.29) is 62.0 Å². The van der Waals surface area contributed by atoms with Crippen LogP contribution >= 0.6 is 0 Å². The van der Waals surface area contributed by atoms with E-state index in [0.29, 0.717) is 25.7 Å². The summed E-state index contributed by atoms with van der Waals surface area (Å²) in [7, 11) is 0. The molecule has 0 bridgehead atoms. The SMILES string of the molecule is CC[C@H](C)C(=O)O[C@H]1C[C@H](O)C=C2C=C[C@H](C)[C@H](CC[C@@H](O)CC(O)CC(=O)O)[C@H]21.[Zn].